The van der Waals surface area contributed by atoms with Crippen LogP contribution in [0.2, 0.25) is 0 Å². The fourth-order valence-electron chi connectivity index (χ4n) is 2.29. The van der Waals surface area contributed by atoms with E-state index in [2.05, 4.69) is 19.7 Å². The Morgan fingerprint density at radius 2 is 1.96 bits per heavy atom. The average Bonchev–Trinajstić information content (AvgIpc) is 2.92. The molecule has 3 rings (SSSR count). The lowest BCUT2D eigenvalue weighted by molar-refractivity contribution is 0.447. The van der Waals surface area contributed by atoms with E-state index in [0.29, 0.717) is 22.7 Å². The Hall–Kier alpha value is -3.03. The van der Waals surface area contributed by atoms with Crippen LogP contribution in [-0.4, -0.2) is 29.6 Å². The van der Waals surface area contributed by atoms with Crippen molar-refractivity contribution in [3.8, 4) is 29.1 Å². The third-order valence-corrected chi connectivity index (χ3v) is 4.83. The van der Waals surface area contributed by atoms with Gasteiger partial charge in [-0.15, -0.1) is 11.3 Å². The van der Waals surface area contributed by atoms with Gasteiger partial charge in [-0.05, 0) is 32.0 Å². The molecular formula is C17H15N5O3S2. The van der Waals surface area contributed by atoms with E-state index >= 15 is 0 Å². The van der Waals surface area contributed by atoms with E-state index in [1.165, 1.54) is 17.5 Å². The van der Waals surface area contributed by atoms with E-state index in [0.717, 1.165) is 16.1 Å². The number of thiazole rings is 1. The Morgan fingerprint density at radius 3 is 2.59 bits per heavy atom. The highest BCUT2D eigenvalue weighted by atomic mass is 32.2. The number of ether oxygens (including phenoxy) is 1. The number of nitrogens with one attached hydrogen (secondary N) is 1. The molecule has 3 aromatic heterocycles. The Labute approximate surface area is 160 Å². The van der Waals surface area contributed by atoms with E-state index in [1.807, 2.05) is 19.9 Å². The van der Waals surface area contributed by atoms with Crippen LogP contribution < -0.4 is 9.46 Å². The topological polar surface area (TPSA) is 118 Å². The second-order valence-electron chi connectivity index (χ2n) is 5.69. The van der Waals surface area contributed by atoms with Crippen LogP contribution in [0, 0.1) is 25.2 Å². The van der Waals surface area contributed by atoms with Gasteiger partial charge in [-0.1, -0.05) is 0 Å². The number of hydrogen-bond acceptors (Lipinski definition) is 8. The molecule has 0 unspecified atom stereocenters. The van der Waals surface area contributed by atoms with Gasteiger partial charge >= 0.3 is 0 Å². The van der Waals surface area contributed by atoms with Gasteiger partial charge in [0.05, 0.1) is 27.4 Å². The van der Waals surface area contributed by atoms with E-state index in [4.69, 9.17) is 10.00 Å². The third-order valence-electron chi connectivity index (χ3n) is 3.37. The Bertz CT molecular complexity index is 1150. The van der Waals surface area contributed by atoms with Gasteiger partial charge in [0.25, 0.3) is 0 Å². The Kier molecular flexibility index (Phi) is 5.07. The fraction of sp³-hybridized carbons (Fsp3) is 0.176. The summed E-state index contributed by atoms with van der Waals surface area (Å²) in [6.45, 7) is 3.71. The molecule has 0 fully saturated rings. The predicted octanol–water partition coefficient (Wildman–Crippen LogP) is 3.25. The fourth-order valence-corrected chi connectivity index (χ4v) is 3.59. The number of rotatable bonds is 5. The summed E-state index contributed by atoms with van der Waals surface area (Å²) in [5, 5.41) is 9.87. The minimum absolute atomic E-state index is 0.0636. The summed E-state index contributed by atoms with van der Waals surface area (Å²) in [4.78, 5) is 13.6. The van der Waals surface area contributed by atoms with Gasteiger partial charge in [-0.25, -0.2) is 18.4 Å². The minimum atomic E-state index is -3.53. The van der Waals surface area contributed by atoms with Crippen molar-refractivity contribution in [1.82, 2.24) is 15.0 Å². The van der Waals surface area contributed by atoms with Crippen molar-refractivity contribution in [3.05, 3.63) is 46.0 Å². The van der Waals surface area contributed by atoms with Crippen LogP contribution in [0.1, 0.15) is 15.4 Å². The maximum atomic E-state index is 11.7. The molecule has 27 heavy (non-hydrogen) atoms. The van der Waals surface area contributed by atoms with E-state index in [1.54, 1.807) is 24.4 Å². The standard InChI is InChI=1S/C17H15N5O3S2/c1-10-16(20-11(2)26-10)25-17-15(22-27(3,23)24)5-4-14(21-17)13-6-12(7-18)8-19-9-13/h4-6,8-9,22H,1-3H3. The molecule has 3 heterocycles. The average molecular weight is 401 g/mol. The summed E-state index contributed by atoms with van der Waals surface area (Å²) in [5.41, 5.74) is 1.67. The van der Waals surface area contributed by atoms with Gasteiger partial charge in [-0.3, -0.25) is 9.71 Å². The van der Waals surface area contributed by atoms with Crippen LogP contribution in [-0.2, 0) is 10.0 Å². The largest absolute Gasteiger partial charge is 0.417 e. The lowest BCUT2D eigenvalue weighted by Gasteiger charge is -2.12. The maximum absolute atomic E-state index is 11.7. The van der Waals surface area contributed by atoms with Crippen molar-refractivity contribution >= 4 is 27.0 Å². The normalized spacial score (nSPS) is 11.0. The Balaban J connectivity index is 2.08. The molecule has 0 amide bonds. The molecule has 0 atom stereocenters. The quantitative estimate of drug-likeness (QED) is 0.697. The van der Waals surface area contributed by atoms with Crippen molar-refractivity contribution in [1.29, 1.82) is 5.26 Å². The highest BCUT2D eigenvalue weighted by Gasteiger charge is 2.16. The first-order valence-electron chi connectivity index (χ1n) is 7.71. The van der Waals surface area contributed by atoms with Gasteiger partial charge in [-0.2, -0.15) is 5.26 Å². The zero-order chi connectivity index (χ0) is 19.6. The molecule has 0 bridgehead atoms. The summed E-state index contributed by atoms with van der Waals surface area (Å²) in [6, 6.07) is 6.83. The van der Waals surface area contributed by atoms with E-state index in [-0.39, 0.29) is 11.6 Å². The van der Waals surface area contributed by atoms with Crippen LogP contribution in [0.3, 0.4) is 0 Å². The van der Waals surface area contributed by atoms with Crippen molar-refractivity contribution in [3.63, 3.8) is 0 Å². The first kappa shape index (κ1) is 18.8. The molecular weight excluding hydrogens is 386 g/mol. The van der Waals surface area contributed by atoms with E-state index < -0.39 is 10.0 Å². The van der Waals surface area contributed by atoms with Gasteiger partial charge in [0.2, 0.25) is 21.8 Å². The lowest BCUT2D eigenvalue weighted by Crippen LogP contribution is -2.11. The molecule has 0 aliphatic rings. The molecule has 0 saturated carbocycles. The summed E-state index contributed by atoms with van der Waals surface area (Å²) in [5.74, 6) is 0.427. The molecule has 0 aliphatic carbocycles. The minimum Gasteiger partial charge on any atom is -0.417 e. The van der Waals surface area contributed by atoms with Crippen LogP contribution in [0.15, 0.2) is 30.6 Å². The predicted molar refractivity (Wildman–Crippen MR) is 102 cm³/mol. The summed E-state index contributed by atoms with van der Waals surface area (Å²) in [7, 11) is -3.53. The molecule has 0 spiro atoms. The second-order valence-corrected chi connectivity index (χ2v) is 8.85. The number of hydrogen-bond donors (Lipinski definition) is 1. The smallest absolute Gasteiger partial charge is 0.246 e. The van der Waals surface area contributed by atoms with Crippen LogP contribution in [0.5, 0.6) is 11.8 Å². The van der Waals surface area contributed by atoms with Crippen LogP contribution in [0.25, 0.3) is 11.3 Å². The molecule has 0 saturated heterocycles. The first-order valence-corrected chi connectivity index (χ1v) is 10.4. The molecule has 8 nitrogen and oxygen atoms in total. The van der Waals surface area contributed by atoms with Crippen molar-refractivity contribution in [2.45, 2.75) is 13.8 Å². The number of nitrogens with zero attached hydrogens (tertiary/aromatic N) is 4. The molecule has 138 valence electrons. The van der Waals surface area contributed by atoms with Crippen molar-refractivity contribution in [2.75, 3.05) is 11.0 Å². The molecule has 0 aromatic carbocycles. The molecule has 0 aliphatic heterocycles. The van der Waals surface area contributed by atoms with Gasteiger partial charge < -0.3 is 4.74 Å². The van der Waals surface area contributed by atoms with Gasteiger partial charge in [0.15, 0.2) is 0 Å². The molecule has 10 heteroatoms. The Morgan fingerprint density at radius 1 is 1.19 bits per heavy atom. The SMILES string of the molecule is Cc1nc(Oc2nc(-c3cncc(C#N)c3)ccc2NS(C)(=O)=O)c(C)s1. The number of nitriles is 1. The molecule has 3 aromatic rings. The van der Waals surface area contributed by atoms with Crippen molar-refractivity contribution < 1.29 is 13.2 Å². The van der Waals surface area contributed by atoms with Crippen LogP contribution >= 0.6 is 11.3 Å². The second kappa shape index (κ2) is 7.30. The van der Waals surface area contributed by atoms with Gasteiger partial charge in [0.1, 0.15) is 11.8 Å². The number of aryl methyl sites for hydroxylation is 2. The van der Waals surface area contributed by atoms with Crippen LogP contribution in [0.4, 0.5) is 5.69 Å². The zero-order valence-corrected chi connectivity index (χ0v) is 16.3. The summed E-state index contributed by atoms with van der Waals surface area (Å²) < 4.78 is 31.5. The zero-order valence-electron chi connectivity index (χ0n) is 14.7. The summed E-state index contributed by atoms with van der Waals surface area (Å²) in [6.07, 6.45) is 4.06. The highest BCUT2D eigenvalue weighted by molar-refractivity contribution is 7.92. The number of pyridine rings is 2. The lowest BCUT2D eigenvalue weighted by atomic mass is 10.1. The highest BCUT2D eigenvalue weighted by Crippen LogP contribution is 2.34. The molecule has 1 N–H and O–H groups in total. The number of anilines is 1. The molecule has 0 radical (unpaired) electrons. The number of sulfonamides is 1. The first-order chi connectivity index (χ1) is 12.7. The maximum Gasteiger partial charge on any atom is 0.246 e. The summed E-state index contributed by atoms with van der Waals surface area (Å²) >= 11 is 1.46. The van der Waals surface area contributed by atoms with E-state index in [9.17, 15) is 8.42 Å². The van der Waals surface area contributed by atoms with Crippen molar-refractivity contribution in [2.24, 2.45) is 0 Å². The third kappa shape index (κ3) is 4.58. The van der Waals surface area contributed by atoms with Gasteiger partial charge in [0, 0.05) is 18.0 Å². The number of aromatic nitrogens is 3. The monoisotopic (exact) mass is 401 g/mol.